The first kappa shape index (κ1) is 17.3. The summed E-state index contributed by atoms with van der Waals surface area (Å²) in [5.74, 6) is 0.00366. The van der Waals surface area contributed by atoms with Gasteiger partial charge in [0.2, 0.25) is 10.0 Å². The predicted octanol–water partition coefficient (Wildman–Crippen LogP) is 1.38. The molecule has 1 aliphatic heterocycles. The first-order valence-electron chi connectivity index (χ1n) is 6.11. The van der Waals surface area contributed by atoms with E-state index < -0.39 is 10.0 Å². The number of Topliss-reactive ketones (excluding diaryl/α,β-unsaturated/α-hetero) is 1. The van der Waals surface area contributed by atoms with Gasteiger partial charge in [0, 0.05) is 37.1 Å². The largest absolute Gasteiger partial charge is 0.370 e. The minimum atomic E-state index is -3.30. The fourth-order valence-corrected chi connectivity index (χ4v) is 2.49. The normalized spacial score (nSPS) is 17.0. The van der Waals surface area contributed by atoms with E-state index in [1.807, 2.05) is 18.1 Å². The first-order valence-corrected chi connectivity index (χ1v) is 8.00. The number of hydrogen-bond acceptors (Lipinski definition) is 5. The number of carbonyl (C=O) groups excluding carboxylic acids is 1. The molecule has 0 fully saturated rings. The highest BCUT2D eigenvalue weighted by atomic mass is 35.5. The van der Waals surface area contributed by atoms with Crippen molar-refractivity contribution in [3.63, 3.8) is 0 Å². The van der Waals surface area contributed by atoms with E-state index in [1.54, 1.807) is 30.5 Å². The van der Waals surface area contributed by atoms with E-state index in [0.717, 1.165) is 6.26 Å². The fourth-order valence-electron chi connectivity index (χ4n) is 1.93. The molecule has 0 amide bonds. The summed E-state index contributed by atoms with van der Waals surface area (Å²) in [6.45, 7) is 0. The molecule has 0 bridgehead atoms. The van der Waals surface area contributed by atoms with Crippen LogP contribution in [0.2, 0.25) is 0 Å². The third-order valence-corrected chi connectivity index (χ3v) is 3.59. The average molecular weight is 332 g/mol. The molecule has 2 N–H and O–H groups in total. The van der Waals surface area contributed by atoms with Crippen LogP contribution in [0.4, 0.5) is 5.69 Å². The van der Waals surface area contributed by atoms with Gasteiger partial charge in [0.25, 0.3) is 0 Å². The molecule has 21 heavy (non-hydrogen) atoms. The van der Waals surface area contributed by atoms with Gasteiger partial charge < -0.3 is 10.2 Å². The van der Waals surface area contributed by atoms with Crippen LogP contribution < -0.4 is 10.0 Å². The Kier molecular flexibility index (Phi) is 5.62. The Morgan fingerprint density at radius 2 is 1.95 bits per heavy atom. The Bertz CT molecular complexity index is 629. The highest BCUT2D eigenvalue weighted by Crippen LogP contribution is 2.14. The SMILES string of the molecule is CN1C=CNC1CC(=O)c1ccc(NS(C)(=O)=O)cc1.Cl. The molecule has 1 aliphatic rings. The summed E-state index contributed by atoms with van der Waals surface area (Å²) in [5.41, 5.74) is 1.01. The standard InChI is InChI=1S/C13H17N3O3S.ClH/c1-16-8-7-14-13(16)9-12(17)10-3-5-11(6-4-10)15-20(2,18)19;/h3-8,13-15H,9H2,1-2H3;1H. The van der Waals surface area contributed by atoms with Gasteiger partial charge in [0.1, 0.15) is 6.17 Å². The van der Waals surface area contributed by atoms with Crippen LogP contribution in [-0.2, 0) is 10.0 Å². The van der Waals surface area contributed by atoms with Crippen molar-refractivity contribution in [2.75, 3.05) is 18.0 Å². The van der Waals surface area contributed by atoms with Crippen LogP contribution in [0.3, 0.4) is 0 Å². The van der Waals surface area contributed by atoms with Gasteiger partial charge in [-0.2, -0.15) is 0 Å². The van der Waals surface area contributed by atoms with Gasteiger partial charge in [-0.05, 0) is 24.3 Å². The number of nitrogens with one attached hydrogen (secondary N) is 2. The van der Waals surface area contributed by atoms with Crippen LogP contribution >= 0.6 is 12.4 Å². The van der Waals surface area contributed by atoms with Crippen LogP contribution in [0, 0.1) is 0 Å². The maximum absolute atomic E-state index is 12.1. The summed E-state index contributed by atoms with van der Waals surface area (Å²) >= 11 is 0. The first-order chi connectivity index (χ1) is 9.35. The molecule has 1 atom stereocenters. The van der Waals surface area contributed by atoms with E-state index in [1.165, 1.54) is 0 Å². The minimum Gasteiger partial charge on any atom is -0.370 e. The number of hydrogen-bond donors (Lipinski definition) is 2. The molecule has 0 spiro atoms. The summed E-state index contributed by atoms with van der Waals surface area (Å²) in [6.07, 6.45) is 5.08. The van der Waals surface area contributed by atoms with Gasteiger partial charge in [-0.15, -0.1) is 12.4 Å². The van der Waals surface area contributed by atoms with Gasteiger partial charge in [-0.1, -0.05) is 0 Å². The minimum absolute atomic E-state index is 0. The van der Waals surface area contributed by atoms with E-state index in [-0.39, 0.29) is 24.4 Å². The van der Waals surface area contributed by atoms with Crippen molar-refractivity contribution in [2.45, 2.75) is 12.6 Å². The number of carbonyl (C=O) groups is 1. The number of halogens is 1. The topological polar surface area (TPSA) is 78.5 Å². The zero-order valence-electron chi connectivity index (χ0n) is 11.7. The molecule has 116 valence electrons. The lowest BCUT2D eigenvalue weighted by Gasteiger charge is -2.20. The van der Waals surface area contributed by atoms with Gasteiger partial charge >= 0.3 is 0 Å². The number of rotatable bonds is 5. The quantitative estimate of drug-likeness (QED) is 0.797. The Morgan fingerprint density at radius 3 is 2.43 bits per heavy atom. The molecular formula is C13H18ClN3O3S. The van der Waals surface area contributed by atoms with Crippen molar-refractivity contribution < 1.29 is 13.2 Å². The van der Waals surface area contributed by atoms with E-state index in [2.05, 4.69) is 10.0 Å². The molecule has 0 saturated carbocycles. The van der Waals surface area contributed by atoms with Crippen LogP contribution in [0.1, 0.15) is 16.8 Å². The highest BCUT2D eigenvalue weighted by Gasteiger charge is 2.19. The van der Waals surface area contributed by atoms with Crippen molar-refractivity contribution in [2.24, 2.45) is 0 Å². The van der Waals surface area contributed by atoms with E-state index in [4.69, 9.17) is 0 Å². The summed E-state index contributed by atoms with van der Waals surface area (Å²) in [4.78, 5) is 14.0. The van der Waals surface area contributed by atoms with E-state index >= 15 is 0 Å². The highest BCUT2D eigenvalue weighted by molar-refractivity contribution is 7.92. The van der Waals surface area contributed by atoms with Crippen LogP contribution in [0.25, 0.3) is 0 Å². The van der Waals surface area contributed by atoms with Crippen molar-refractivity contribution >= 4 is 33.9 Å². The molecule has 0 saturated heterocycles. The van der Waals surface area contributed by atoms with Gasteiger partial charge in [0.15, 0.2) is 5.78 Å². The molecule has 0 aliphatic carbocycles. The second kappa shape index (κ2) is 6.82. The summed E-state index contributed by atoms with van der Waals surface area (Å²) < 4.78 is 24.5. The molecule has 1 unspecified atom stereocenters. The number of ketones is 1. The van der Waals surface area contributed by atoms with Gasteiger partial charge in [-0.3, -0.25) is 9.52 Å². The van der Waals surface area contributed by atoms with Gasteiger partial charge in [-0.25, -0.2) is 8.42 Å². The molecule has 6 nitrogen and oxygen atoms in total. The van der Waals surface area contributed by atoms with E-state index in [0.29, 0.717) is 17.7 Å². The number of nitrogens with zero attached hydrogens (tertiary/aromatic N) is 1. The molecule has 1 heterocycles. The summed E-state index contributed by atoms with van der Waals surface area (Å²) in [5, 5.41) is 3.08. The molecule has 1 aromatic rings. The fraction of sp³-hybridized carbons (Fsp3) is 0.308. The number of sulfonamides is 1. The van der Waals surface area contributed by atoms with Crippen molar-refractivity contribution in [3.8, 4) is 0 Å². The summed E-state index contributed by atoms with van der Waals surface area (Å²) in [6, 6.07) is 6.41. The van der Waals surface area contributed by atoms with Gasteiger partial charge in [0.05, 0.1) is 6.26 Å². The monoisotopic (exact) mass is 331 g/mol. The third kappa shape index (κ3) is 4.95. The second-order valence-electron chi connectivity index (χ2n) is 4.74. The Labute approximate surface area is 130 Å². The number of benzene rings is 1. The van der Waals surface area contributed by atoms with Crippen LogP contribution in [-0.4, -0.2) is 38.6 Å². The number of anilines is 1. The Hall–Kier alpha value is -1.73. The molecule has 0 aromatic heterocycles. The van der Waals surface area contributed by atoms with Crippen molar-refractivity contribution in [1.82, 2.24) is 10.2 Å². The second-order valence-corrected chi connectivity index (χ2v) is 6.49. The zero-order valence-corrected chi connectivity index (χ0v) is 13.4. The lowest BCUT2D eigenvalue weighted by Crippen LogP contribution is -2.34. The Morgan fingerprint density at radius 1 is 1.33 bits per heavy atom. The smallest absolute Gasteiger partial charge is 0.229 e. The maximum Gasteiger partial charge on any atom is 0.229 e. The van der Waals surface area contributed by atoms with Crippen molar-refractivity contribution in [3.05, 3.63) is 42.2 Å². The summed E-state index contributed by atoms with van der Waals surface area (Å²) in [7, 11) is -1.40. The zero-order chi connectivity index (χ0) is 14.8. The van der Waals surface area contributed by atoms with Crippen LogP contribution in [0.15, 0.2) is 36.7 Å². The molecule has 8 heteroatoms. The maximum atomic E-state index is 12.1. The predicted molar refractivity (Wildman–Crippen MR) is 84.9 cm³/mol. The lowest BCUT2D eigenvalue weighted by atomic mass is 10.1. The van der Waals surface area contributed by atoms with E-state index in [9.17, 15) is 13.2 Å². The lowest BCUT2D eigenvalue weighted by molar-refractivity contribution is 0.0949. The van der Waals surface area contributed by atoms with Crippen LogP contribution in [0.5, 0.6) is 0 Å². The molecule has 2 rings (SSSR count). The molecule has 0 radical (unpaired) electrons. The molecule has 1 aromatic carbocycles. The van der Waals surface area contributed by atoms with Crippen molar-refractivity contribution in [1.29, 1.82) is 0 Å². The molecular weight excluding hydrogens is 314 g/mol. The third-order valence-electron chi connectivity index (χ3n) is 2.98. The Balaban J connectivity index is 0.00000220. The average Bonchev–Trinajstić information content (AvgIpc) is 2.74.